The Morgan fingerprint density at radius 3 is 1.58 bits per heavy atom. The van der Waals surface area contributed by atoms with Crippen LogP contribution >= 0.6 is 0 Å². The second-order valence-electron chi connectivity index (χ2n) is 8.38. The van der Waals surface area contributed by atoms with Crippen molar-refractivity contribution in [2.75, 3.05) is 60.0 Å². The molecule has 0 saturated carbocycles. The summed E-state index contributed by atoms with van der Waals surface area (Å²) in [7, 11) is 1.65. The largest absolute Gasteiger partial charge is 0.463 e. The van der Waals surface area contributed by atoms with Crippen LogP contribution < -0.4 is 0 Å². The van der Waals surface area contributed by atoms with Gasteiger partial charge in [0, 0.05) is 13.5 Å². The monoisotopic (exact) mass is 472 g/mol. The zero-order valence-electron chi connectivity index (χ0n) is 21.7. The van der Waals surface area contributed by atoms with Crippen LogP contribution in [-0.2, 0) is 28.5 Å². The van der Waals surface area contributed by atoms with Crippen molar-refractivity contribution in [3.05, 3.63) is 12.2 Å². The molecule has 0 unspecified atom stereocenters. The highest BCUT2D eigenvalue weighted by Gasteiger charge is 2.02. The van der Waals surface area contributed by atoms with Crippen molar-refractivity contribution in [1.82, 2.24) is 0 Å². The van der Waals surface area contributed by atoms with Crippen LogP contribution in [0.4, 0.5) is 0 Å². The van der Waals surface area contributed by atoms with Crippen LogP contribution in [0, 0.1) is 0 Å². The maximum atomic E-state index is 11.7. The molecule has 0 saturated heterocycles. The van der Waals surface area contributed by atoms with E-state index in [0.29, 0.717) is 59.3 Å². The Balaban J connectivity index is 3.19. The number of esters is 1. The highest BCUT2D eigenvalue weighted by Crippen LogP contribution is 2.10. The van der Waals surface area contributed by atoms with Gasteiger partial charge in [0.15, 0.2) is 0 Å². The Hall–Kier alpha value is -0.950. The first kappa shape index (κ1) is 32.0. The molecule has 0 aliphatic carbocycles. The summed E-state index contributed by atoms with van der Waals surface area (Å²) in [6.45, 7) is 6.25. The van der Waals surface area contributed by atoms with E-state index in [1.807, 2.05) is 0 Å². The van der Waals surface area contributed by atoms with Gasteiger partial charge in [0.2, 0.25) is 0 Å². The molecule has 0 aromatic rings. The smallest absolute Gasteiger partial charge is 0.305 e. The van der Waals surface area contributed by atoms with E-state index in [9.17, 15) is 4.79 Å². The van der Waals surface area contributed by atoms with Crippen molar-refractivity contribution in [3.8, 4) is 0 Å². The van der Waals surface area contributed by atoms with Crippen LogP contribution in [0.1, 0.15) is 96.8 Å². The van der Waals surface area contributed by atoms with Gasteiger partial charge in [-0.3, -0.25) is 4.79 Å². The molecule has 0 aromatic heterocycles. The molecule has 0 spiro atoms. The molecule has 0 bridgehead atoms. The maximum Gasteiger partial charge on any atom is 0.305 e. The third kappa shape index (κ3) is 29.0. The average Bonchev–Trinajstić information content (AvgIpc) is 2.82. The maximum absolute atomic E-state index is 11.7. The van der Waals surface area contributed by atoms with Crippen LogP contribution in [0.25, 0.3) is 0 Å². The molecule has 0 aromatic carbocycles. The number of ether oxygens (including phenoxy) is 5. The van der Waals surface area contributed by atoms with E-state index in [1.54, 1.807) is 7.11 Å². The number of unbranched alkanes of at least 4 members (excludes halogenated alkanes) is 11. The zero-order valence-corrected chi connectivity index (χ0v) is 21.7. The van der Waals surface area contributed by atoms with E-state index in [0.717, 1.165) is 12.8 Å². The first-order valence-electron chi connectivity index (χ1n) is 13.3. The fourth-order valence-corrected chi connectivity index (χ4v) is 3.31. The second-order valence-corrected chi connectivity index (χ2v) is 8.38. The highest BCUT2D eigenvalue weighted by molar-refractivity contribution is 5.69. The molecule has 0 atom stereocenters. The number of carbonyl (C=O) groups is 1. The minimum atomic E-state index is -0.124. The van der Waals surface area contributed by atoms with Gasteiger partial charge in [-0.15, -0.1) is 0 Å². The van der Waals surface area contributed by atoms with E-state index in [1.165, 1.54) is 70.6 Å². The van der Waals surface area contributed by atoms with Gasteiger partial charge in [0.1, 0.15) is 6.61 Å². The molecule has 0 fully saturated rings. The molecular weight excluding hydrogens is 420 g/mol. The minimum absolute atomic E-state index is 0.124. The molecule has 0 aliphatic rings. The van der Waals surface area contributed by atoms with Crippen molar-refractivity contribution < 1.29 is 28.5 Å². The molecule has 33 heavy (non-hydrogen) atoms. The van der Waals surface area contributed by atoms with Gasteiger partial charge >= 0.3 is 5.97 Å². The van der Waals surface area contributed by atoms with Crippen molar-refractivity contribution >= 4 is 5.97 Å². The summed E-state index contributed by atoms with van der Waals surface area (Å²) >= 11 is 0. The summed E-state index contributed by atoms with van der Waals surface area (Å²) in [6.07, 6.45) is 21.5. The minimum Gasteiger partial charge on any atom is -0.463 e. The molecule has 0 rings (SSSR count). The molecule has 0 radical (unpaired) electrons. The molecule has 6 nitrogen and oxygen atoms in total. The van der Waals surface area contributed by atoms with Crippen molar-refractivity contribution in [2.24, 2.45) is 0 Å². The van der Waals surface area contributed by atoms with Gasteiger partial charge in [-0.25, -0.2) is 0 Å². The predicted octanol–water partition coefficient (Wildman–Crippen LogP) is 6.26. The van der Waals surface area contributed by atoms with Crippen LogP contribution in [0.3, 0.4) is 0 Å². The second kappa shape index (κ2) is 29.1. The van der Waals surface area contributed by atoms with E-state index < -0.39 is 0 Å². The van der Waals surface area contributed by atoms with E-state index >= 15 is 0 Å². The van der Waals surface area contributed by atoms with Gasteiger partial charge in [-0.2, -0.15) is 0 Å². The number of carbonyl (C=O) groups excluding carboxylic acids is 1. The van der Waals surface area contributed by atoms with Gasteiger partial charge in [-0.05, 0) is 32.1 Å². The zero-order chi connectivity index (χ0) is 24.1. The Labute approximate surface area is 203 Å². The van der Waals surface area contributed by atoms with Gasteiger partial charge in [0.25, 0.3) is 0 Å². The SMILES string of the molecule is CCCCCCCCC=CCCCCCCCC(=O)OCCOCCOCCOCCOC. The van der Waals surface area contributed by atoms with E-state index in [-0.39, 0.29) is 5.97 Å². The van der Waals surface area contributed by atoms with Crippen LogP contribution in [0.2, 0.25) is 0 Å². The van der Waals surface area contributed by atoms with Crippen molar-refractivity contribution in [2.45, 2.75) is 96.8 Å². The Morgan fingerprint density at radius 1 is 0.576 bits per heavy atom. The number of rotatable bonds is 27. The number of hydrogen-bond donors (Lipinski definition) is 0. The standard InChI is InChI=1S/C27H52O6/c1-3-4-5-6-7-8-9-10-11-12-13-14-15-16-17-18-27(28)33-26-25-32-24-23-31-22-21-30-20-19-29-2/h10-11H,3-9,12-26H2,1-2H3. The van der Waals surface area contributed by atoms with Crippen LogP contribution in [-0.4, -0.2) is 65.9 Å². The lowest BCUT2D eigenvalue weighted by Gasteiger charge is -2.07. The molecule has 0 aliphatic heterocycles. The highest BCUT2D eigenvalue weighted by atomic mass is 16.6. The molecule has 6 heteroatoms. The molecule has 0 heterocycles. The number of methoxy groups -OCH3 is 1. The predicted molar refractivity (Wildman–Crippen MR) is 135 cm³/mol. The molecule has 0 N–H and O–H groups in total. The normalized spacial score (nSPS) is 11.5. The quantitative estimate of drug-likeness (QED) is 0.0798. The lowest BCUT2D eigenvalue weighted by molar-refractivity contribution is -0.145. The van der Waals surface area contributed by atoms with Crippen molar-refractivity contribution in [3.63, 3.8) is 0 Å². The van der Waals surface area contributed by atoms with Gasteiger partial charge in [-0.1, -0.05) is 70.4 Å². The van der Waals surface area contributed by atoms with Gasteiger partial charge < -0.3 is 23.7 Å². The Bertz CT molecular complexity index is 413. The summed E-state index contributed by atoms with van der Waals surface area (Å²) in [4.78, 5) is 11.7. The summed E-state index contributed by atoms with van der Waals surface area (Å²) < 4.78 is 26.1. The fourth-order valence-electron chi connectivity index (χ4n) is 3.31. The fraction of sp³-hybridized carbons (Fsp3) is 0.889. The summed E-state index contributed by atoms with van der Waals surface area (Å²) in [5.74, 6) is -0.124. The first-order valence-corrected chi connectivity index (χ1v) is 13.3. The van der Waals surface area contributed by atoms with Gasteiger partial charge in [0.05, 0.1) is 46.2 Å². The summed E-state index contributed by atoms with van der Waals surface area (Å²) in [5.41, 5.74) is 0. The van der Waals surface area contributed by atoms with Crippen molar-refractivity contribution in [1.29, 1.82) is 0 Å². The first-order chi connectivity index (χ1) is 16.3. The number of hydrogen-bond acceptors (Lipinski definition) is 6. The van der Waals surface area contributed by atoms with E-state index in [2.05, 4.69) is 19.1 Å². The summed E-state index contributed by atoms with van der Waals surface area (Å²) in [5, 5.41) is 0. The summed E-state index contributed by atoms with van der Waals surface area (Å²) in [6, 6.07) is 0. The van der Waals surface area contributed by atoms with E-state index in [4.69, 9.17) is 23.7 Å². The Morgan fingerprint density at radius 2 is 1.03 bits per heavy atom. The third-order valence-electron chi connectivity index (χ3n) is 5.31. The Kier molecular flexibility index (Phi) is 28.2. The van der Waals surface area contributed by atoms with Crippen LogP contribution in [0.15, 0.2) is 12.2 Å². The lowest BCUT2D eigenvalue weighted by atomic mass is 10.1. The molecule has 0 amide bonds. The van der Waals surface area contributed by atoms with Crippen LogP contribution in [0.5, 0.6) is 0 Å². The molecular formula is C27H52O6. The molecule has 196 valence electrons. The third-order valence-corrected chi connectivity index (χ3v) is 5.31. The lowest BCUT2D eigenvalue weighted by Crippen LogP contribution is -2.14. The number of allylic oxidation sites excluding steroid dienone is 2. The topological polar surface area (TPSA) is 63.2 Å². The average molecular weight is 473 g/mol.